The summed E-state index contributed by atoms with van der Waals surface area (Å²) in [6.45, 7) is 0. The molecule has 0 saturated carbocycles. The van der Waals surface area contributed by atoms with E-state index in [-0.39, 0.29) is 6.04 Å². The molecule has 2 aromatic carbocycles. The third kappa shape index (κ3) is 2.77. The Morgan fingerprint density at radius 3 is 2.75 bits per heavy atom. The van der Waals surface area contributed by atoms with Gasteiger partial charge in [-0.25, -0.2) is 0 Å². The Bertz CT molecular complexity index is 606. The molecule has 2 N–H and O–H groups in total. The zero-order valence-electron chi connectivity index (χ0n) is 11.9. The molecular weight excluding hydrogens is 262 g/mol. The van der Waals surface area contributed by atoms with Gasteiger partial charge >= 0.3 is 0 Å². The van der Waals surface area contributed by atoms with Crippen LogP contribution in [0.1, 0.15) is 34.7 Å². The molecule has 0 saturated heterocycles. The number of hydrogen-bond donors (Lipinski definition) is 1. The molecule has 0 amide bonds. The van der Waals surface area contributed by atoms with Gasteiger partial charge < -0.3 is 5.73 Å². The van der Waals surface area contributed by atoms with Crippen LogP contribution in [0.25, 0.3) is 0 Å². The average molecular weight is 283 g/mol. The summed E-state index contributed by atoms with van der Waals surface area (Å²) in [5, 5.41) is 0. The minimum atomic E-state index is 0.0816. The quantitative estimate of drug-likeness (QED) is 0.853. The van der Waals surface area contributed by atoms with Crippen LogP contribution in [0.5, 0.6) is 0 Å². The van der Waals surface area contributed by atoms with Crippen LogP contribution in [0, 0.1) is 0 Å². The maximum absolute atomic E-state index is 6.44. The Morgan fingerprint density at radius 1 is 1.10 bits per heavy atom. The van der Waals surface area contributed by atoms with E-state index in [1.165, 1.54) is 46.4 Å². The minimum absolute atomic E-state index is 0.0816. The first kappa shape index (κ1) is 13.7. The van der Waals surface area contributed by atoms with Gasteiger partial charge in [-0.3, -0.25) is 0 Å². The third-order valence-corrected chi connectivity index (χ3v) is 4.97. The maximum atomic E-state index is 6.44. The van der Waals surface area contributed by atoms with E-state index in [0.717, 1.165) is 6.42 Å². The highest BCUT2D eigenvalue weighted by Gasteiger charge is 2.14. The second kappa shape index (κ2) is 6.02. The van der Waals surface area contributed by atoms with Gasteiger partial charge in [0.2, 0.25) is 0 Å². The van der Waals surface area contributed by atoms with Crippen molar-refractivity contribution in [2.75, 3.05) is 6.26 Å². The zero-order chi connectivity index (χ0) is 13.9. The van der Waals surface area contributed by atoms with Gasteiger partial charge in [-0.2, -0.15) is 0 Å². The molecule has 0 heterocycles. The van der Waals surface area contributed by atoms with Crippen molar-refractivity contribution in [1.82, 2.24) is 0 Å². The fraction of sp³-hybridized carbons (Fsp3) is 0.333. The second-order valence-electron chi connectivity index (χ2n) is 5.51. The van der Waals surface area contributed by atoms with Crippen LogP contribution in [-0.4, -0.2) is 6.26 Å². The van der Waals surface area contributed by atoms with Gasteiger partial charge in [0.05, 0.1) is 0 Å². The fourth-order valence-electron chi connectivity index (χ4n) is 3.09. The summed E-state index contributed by atoms with van der Waals surface area (Å²) in [5.74, 6) is 0. The normalized spacial score (nSPS) is 15.1. The van der Waals surface area contributed by atoms with Crippen molar-refractivity contribution >= 4 is 11.8 Å². The molecule has 1 aliphatic carbocycles. The van der Waals surface area contributed by atoms with Crippen molar-refractivity contribution < 1.29 is 0 Å². The van der Waals surface area contributed by atoms with Crippen LogP contribution in [0.4, 0.5) is 0 Å². The van der Waals surface area contributed by atoms with Crippen molar-refractivity contribution in [3.63, 3.8) is 0 Å². The molecule has 0 radical (unpaired) electrons. The molecule has 2 aromatic rings. The monoisotopic (exact) mass is 283 g/mol. The van der Waals surface area contributed by atoms with E-state index in [4.69, 9.17) is 5.73 Å². The van der Waals surface area contributed by atoms with Crippen LogP contribution in [-0.2, 0) is 19.3 Å². The van der Waals surface area contributed by atoms with E-state index in [2.05, 4.69) is 48.7 Å². The molecule has 1 aliphatic rings. The lowest BCUT2D eigenvalue weighted by molar-refractivity contribution is 0.707. The summed E-state index contributed by atoms with van der Waals surface area (Å²) >= 11 is 1.77. The molecule has 3 rings (SSSR count). The summed E-state index contributed by atoms with van der Waals surface area (Å²) < 4.78 is 0. The topological polar surface area (TPSA) is 26.0 Å². The molecule has 1 atom stereocenters. The highest BCUT2D eigenvalue weighted by molar-refractivity contribution is 7.98. The maximum Gasteiger partial charge on any atom is 0.0346 e. The third-order valence-electron chi connectivity index (χ3n) is 4.16. The Morgan fingerprint density at radius 2 is 1.90 bits per heavy atom. The van der Waals surface area contributed by atoms with E-state index < -0.39 is 0 Å². The lowest BCUT2D eigenvalue weighted by Crippen LogP contribution is -2.14. The molecule has 1 nitrogen and oxygen atoms in total. The predicted octanol–water partition coefficient (Wildman–Crippen LogP) is 4.14. The molecule has 0 bridgehead atoms. The van der Waals surface area contributed by atoms with Crippen LogP contribution in [0.2, 0.25) is 0 Å². The van der Waals surface area contributed by atoms with Crippen molar-refractivity contribution in [1.29, 1.82) is 0 Å². The minimum Gasteiger partial charge on any atom is -0.324 e. The Kier molecular flexibility index (Phi) is 4.13. The largest absolute Gasteiger partial charge is 0.324 e. The van der Waals surface area contributed by atoms with E-state index in [1.54, 1.807) is 11.8 Å². The number of aryl methyl sites for hydroxylation is 2. The number of nitrogens with two attached hydrogens (primary N) is 1. The van der Waals surface area contributed by atoms with Crippen LogP contribution < -0.4 is 5.73 Å². The molecule has 1 unspecified atom stereocenters. The SMILES string of the molecule is CSc1ccccc1C(N)Cc1ccc2c(c1)CCC2. The molecular formula is C18H21NS. The zero-order valence-corrected chi connectivity index (χ0v) is 12.7. The summed E-state index contributed by atoms with van der Waals surface area (Å²) in [6, 6.07) is 15.5. The fourth-order valence-corrected chi connectivity index (χ4v) is 3.76. The van der Waals surface area contributed by atoms with Crippen molar-refractivity contribution in [2.45, 2.75) is 36.6 Å². The molecule has 0 spiro atoms. The summed E-state index contributed by atoms with van der Waals surface area (Å²) in [7, 11) is 0. The Balaban J connectivity index is 1.80. The van der Waals surface area contributed by atoms with E-state index in [9.17, 15) is 0 Å². The van der Waals surface area contributed by atoms with Gasteiger partial charge in [-0.1, -0.05) is 36.4 Å². The standard InChI is InChI=1S/C18H21NS/c1-20-18-8-3-2-7-16(18)17(19)12-13-9-10-14-5-4-6-15(14)11-13/h2-3,7-11,17H,4-6,12,19H2,1H3. The highest BCUT2D eigenvalue weighted by atomic mass is 32.2. The van der Waals surface area contributed by atoms with E-state index in [1.807, 2.05) is 0 Å². The highest BCUT2D eigenvalue weighted by Crippen LogP contribution is 2.28. The van der Waals surface area contributed by atoms with Gasteiger partial charge in [0.25, 0.3) is 0 Å². The first-order chi connectivity index (χ1) is 9.78. The molecule has 2 heteroatoms. The van der Waals surface area contributed by atoms with Gasteiger partial charge in [0.15, 0.2) is 0 Å². The van der Waals surface area contributed by atoms with Gasteiger partial charge in [0, 0.05) is 10.9 Å². The van der Waals surface area contributed by atoms with E-state index in [0.29, 0.717) is 0 Å². The molecule has 0 aromatic heterocycles. The second-order valence-corrected chi connectivity index (χ2v) is 6.36. The average Bonchev–Trinajstić information content (AvgIpc) is 2.94. The number of hydrogen-bond acceptors (Lipinski definition) is 2. The summed E-state index contributed by atoms with van der Waals surface area (Å²) in [4.78, 5) is 1.29. The number of benzene rings is 2. The first-order valence-electron chi connectivity index (χ1n) is 7.27. The summed E-state index contributed by atoms with van der Waals surface area (Å²) in [5.41, 5.74) is 12.1. The number of rotatable bonds is 4. The number of fused-ring (bicyclic) bond motifs is 1. The van der Waals surface area contributed by atoms with Gasteiger partial charge in [0.1, 0.15) is 0 Å². The Hall–Kier alpha value is -1.25. The van der Waals surface area contributed by atoms with Gasteiger partial charge in [-0.05, 0) is 60.3 Å². The smallest absolute Gasteiger partial charge is 0.0346 e. The lowest BCUT2D eigenvalue weighted by atomic mass is 9.97. The molecule has 0 aliphatic heterocycles. The van der Waals surface area contributed by atoms with Crippen LogP contribution in [0.15, 0.2) is 47.4 Å². The first-order valence-corrected chi connectivity index (χ1v) is 8.49. The number of thioether (sulfide) groups is 1. The molecule has 0 fully saturated rings. The molecule has 104 valence electrons. The van der Waals surface area contributed by atoms with Crippen molar-refractivity contribution in [3.05, 3.63) is 64.7 Å². The van der Waals surface area contributed by atoms with Gasteiger partial charge in [-0.15, -0.1) is 11.8 Å². The predicted molar refractivity (Wildman–Crippen MR) is 87.3 cm³/mol. The van der Waals surface area contributed by atoms with Crippen molar-refractivity contribution in [2.24, 2.45) is 5.73 Å². The van der Waals surface area contributed by atoms with E-state index >= 15 is 0 Å². The Labute approximate surface area is 125 Å². The van der Waals surface area contributed by atoms with Crippen LogP contribution >= 0.6 is 11.8 Å². The van der Waals surface area contributed by atoms with Crippen molar-refractivity contribution in [3.8, 4) is 0 Å². The molecule has 20 heavy (non-hydrogen) atoms. The van der Waals surface area contributed by atoms with Crippen LogP contribution in [0.3, 0.4) is 0 Å². The summed E-state index contributed by atoms with van der Waals surface area (Å²) in [6.07, 6.45) is 6.82. The lowest BCUT2D eigenvalue weighted by Gasteiger charge is -2.16.